The Kier molecular flexibility index (Phi) is 5.41. The maximum Gasteiger partial charge on any atom is 0.331 e. The number of carbonyl (C=O) groups is 2. The standard InChI is InChI=1S/C24H23NO3/c1-5-13-24(14-6-2)21-10-8-7-9-19(21)20-12-11-18(15-22(20)24)23(27)16(3)25-28-17(4)26/h5-12,15H,1-2,13-14H2,3-4H3/b25-16+. The predicted molar refractivity (Wildman–Crippen MR) is 111 cm³/mol. The van der Waals surface area contributed by atoms with Gasteiger partial charge in [0.15, 0.2) is 0 Å². The third-order valence-electron chi connectivity index (χ3n) is 5.16. The lowest BCUT2D eigenvalue weighted by atomic mass is 9.72. The molecule has 0 bridgehead atoms. The monoisotopic (exact) mass is 373 g/mol. The predicted octanol–water partition coefficient (Wildman–Crippen LogP) is 5.23. The second-order valence-electron chi connectivity index (χ2n) is 6.96. The average molecular weight is 373 g/mol. The quantitative estimate of drug-likeness (QED) is 0.220. The molecule has 142 valence electrons. The Morgan fingerprint density at radius 1 is 1.00 bits per heavy atom. The van der Waals surface area contributed by atoms with E-state index in [1.165, 1.54) is 25.0 Å². The second-order valence-corrected chi connectivity index (χ2v) is 6.96. The number of carbonyl (C=O) groups excluding carboxylic acids is 2. The van der Waals surface area contributed by atoms with Crippen LogP contribution in [0, 0.1) is 0 Å². The number of rotatable bonds is 7. The number of benzene rings is 2. The van der Waals surface area contributed by atoms with Gasteiger partial charge in [-0.3, -0.25) is 4.79 Å². The summed E-state index contributed by atoms with van der Waals surface area (Å²) in [6, 6.07) is 14.0. The van der Waals surface area contributed by atoms with Crippen molar-refractivity contribution in [3.63, 3.8) is 0 Å². The molecule has 2 aromatic rings. The normalized spacial score (nSPS) is 14.0. The fourth-order valence-electron chi connectivity index (χ4n) is 4.00. The molecule has 0 radical (unpaired) electrons. The Bertz CT molecular complexity index is 991. The molecule has 0 fully saturated rings. The Balaban J connectivity index is 2.14. The fourth-order valence-corrected chi connectivity index (χ4v) is 4.00. The molecule has 0 saturated heterocycles. The largest absolute Gasteiger partial charge is 0.331 e. The van der Waals surface area contributed by atoms with Crippen LogP contribution in [-0.4, -0.2) is 17.5 Å². The molecule has 28 heavy (non-hydrogen) atoms. The van der Waals surface area contributed by atoms with Crippen molar-refractivity contribution < 1.29 is 14.4 Å². The zero-order chi connectivity index (χ0) is 20.3. The van der Waals surface area contributed by atoms with Crippen LogP contribution in [0.15, 0.2) is 72.9 Å². The summed E-state index contributed by atoms with van der Waals surface area (Å²) in [5, 5.41) is 3.63. The minimum atomic E-state index is -0.562. The van der Waals surface area contributed by atoms with Crippen LogP contribution in [-0.2, 0) is 15.0 Å². The van der Waals surface area contributed by atoms with Crippen molar-refractivity contribution in [2.45, 2.75) is 32.1 Å². The smallest absolute Gasteiger partial charge is 0.318 e. The topological polar surface area (TPSA) is 55.7 Å². The lowest BCUT2D eigenvalue weighted by Gasteiger charge is -2.30. The first-order valence-corrected chi connectivity index (χ1v) is 9.17. The minimum absolute atomic E-state index is 0.128. The summed E-state index contributed by atoms with van der Waals surface area (Å²) in [4.78, 5) is 28.4. The average Bonchev–Trinajstić information content (AvgIpc) is 2.96. The first-order chi connectivity index (χ1) is 13.4. The van der Waals surface area contributed by atoms with Crippen LogP contribution in [0.4, 0.5) is 0 Å². The molecule has 0 aromatic heterocycles. The molecule has 1 aliphatic rings. The van der Waals surface area contributed by atoms with Gasteiger partial charge in [0.05, 0.1) is 0 Å². The Morgan fingerprint density at radius 3 is 2.29 bits per heavy atom. The number of nitrogens with zero attached hydrogens (tertiary/aromatic N) is 1. The Hall–Kier alpha value is -3.27. The van der Waals surface area contributed by atoms with Crippen LogP contribution in [0.3, 0.4) is 0 Å². The second kappa shape index (κ2) is 7.77. The van der Waals surface area contributed by atoms with E-state index in [0.29, 0.717) is 5.56 Å². The molecule has 0 aliphatic heterocycles. The number of allylic oxidation sites excluding steroid dienone is 2. The molecule has 3 rings (SSSR count). The summed E-state index contributed by atoms with van der Waals surface area (Å²) < 4.78 is 0. The SMILES string of the molecule is C=CCC1(CC=C)c2ccccc2-c2ccc(C(=O)/C(C)=N/OC(C)=O)cc21. The van der Waals surface area contributed by atoms with Gasteiger partial charge in [0.1, 0.15) is 5.71 Å². The maximum absolute atomic E-state index is 12.8. The first kappa shape index (κ1) is 19.5. The van der Waals surface area contributed by atoms with Crippen LogP contribution >= 0.6 is 0 Å². The van der Waals surface area contributed by atoms with Gasteiger partial charge >= 0.3 is 5.97 Å². The summed E-state index contributed by atoms with van der Waals surface area (Å²) in [7, 11) is 0. The molecule has 2 aromatic carbocycles. The van der Waals surface area contributed by atoms with E-state index >= 15 is 0 Å². The third-order valence-corrected chi connectivity index (χ3v) is 5.16. The van der Waals surface area contributed by atoms with Gasteiger partial charge < -0.3 is 4.84 Å². The lowest BCUT2D eigenvalue weighted by Crippen LogP contribution is -2.24. The molecule has 1 aliphatic carbocycles. The molecular weight excluding hydrogens is 350 g/mol. The van der Waals surface area contributed by atoms with Crippen molar-refractivity contribution in [3.05, 3.63) is 84.5 Å². The molecular formula is C24H23NO3. The van der Waals surface area contributed by atoms with E-state index in [2.05, 4.69) is 35.3 Å². The van der Waals surface area contributed by atoms with Gasteiger partial charge in [-0.1, -0.05) is 53.7 Å². The molecule has 0 heterocycles. The molecule has 4 nitrogen and oxygen atoms in total. The number of ketones is 1. The highest BCUT2D eigenvalue weighted by atomic mass is 16.7. The first-order valence-electron chi connectivity index (χ1n) is 9.17. The molecule has 0 atom stereocenters. The van der Waals surface area contributed by atoms with E-state index in [1.807, 2.05) is 36.4 Å². The van der Waals surface area contributed by atoms with Crippen LogP contribution in [0.1, 0.15) is 48.2 Å². The third kappa shape index (κ3) is 3.22. The molecule has 0 N–H and O–H groups in total. The number of oxime groups is 1. The van der Waals surface area contributed by atoms with Crippen molar-refractivity contribution in [3.8, 4) is 11.1 Å². The van der Waals surface area contributed by atoms with E-state index in [9.17, 15) is 9.59 Å². The van der Waals surface area contributed by atoms with Crippen molar-refractivity contribution in [1.29, 1.82) is 0 Å². The van der Waals surface area contributed by atoms with Crippen LogP contribution in [0.2, 0.25) is 0 Å². The summed E-state index contributed by atoms with van der Waals surface area (Å²) in [6.45, 7) is 10.7. The van der Waals surface area contributed by atoms with E-state index < -0.39 is 5.97 Å². The van der Waals surface area contributed by atoms with Gasteiger partial charge in [-0.25, -0.2) is 4.79 Å². The lowest BCUT2D eigenvalue weighted by molar-refractivity contribution is -0.140. The Labute approximate surface area is 165 Å². The fraction of sp³-hybridized carbons (Fsp3) is 0.208. The number of hydrogen-bond donors (Lipinski definition) is 0. The van der Waals surface area contributed by atoms with Crippen molar-refractivity contribution in [1.82, 2.24) is 0 Å². The highest BCUT2D eigenvalue weighted by Crippen LogP contribution is 2.53. The van der Waals surface area contributed by atoms with Crippen LogP contribution in [0.5, 0.6) is 0 Å². The Morgan fingerprint density at radius 2 is 1.64 bits per heavy atom. The van der Waals surface area contributed by atoms with Gasteiger partial charge in [0.25, 0.3) is 0 Å². The number of hydrogen-bond acceptors (Lipinski definition) is 4. The molecule has 4 heteroatoms. The van der Waals surface area contributed by atoms with E-state index in [0.717, 1.165) is 24.0 Å². The summed E-state index contributed by atoms with van der Waals surface area (Å²) >= 11 is 0. The molecule has 0 saturated carbocycles. The van der Waals surface area contributed by atoms with E-state index in [-0.39, 0.29) is 16.9 Å². The summed E-state index contributed by atoms with van der Waals surface area (Å²) in [5.74, 6) is -0.835. The van der Waals surface area contributed by atoms with Gasteiger partial charge in [-0.15, -0.1) is 13.2 Å². The van der Waals surface area contributed by atoms with Crippen molar-refractivity contribution in [2.24, 2.45) is 5.16 Å². The molecule has 0 spiro atoms. The summed E-state index contributed by atoms with van der Waals surface area (Å²) in [6.07, 6.45) is 5.30. The van der Waals surface area contributed by atoms with Crippen molar-refractivity contribution >= 4 is 17.5 Å². The molecule has 0 amide bonds. The van der Waals surface area contributed by atoms with E-state index in [1.54, 1.807) is 6.07 Å². The zero-order valence-corrected chi connectivity index (χ0v) is 16.2. The number of fused-ring (bicyclic) bond motifs is 3. The van der Waals surface area contributed by atoms with E-state index in [4.69, 9.17) is 0 Å². The molecule has 0 unspecified atom stereocenters. The zero-order valence-electron chi connectivity index (χ0n) is 16.2. The van der Waals surface area contributed by atoms with Gasteiger partial charge in [-0.05, 0) is 48.1 Å². The van der Waals surface area contributed by atoms with Gasteiger partial charge in [0.2, 0.25) is 5.78 Å². The van der Waals surface area contributed by atoms with Gasteiger partial charge in [-0.2, -0.15) is 0 Å². The summed E-state index contributed by atoms with van der Waals surface area (Å²) in [5.41, 5.74) is 4.93. The number of Topliss-reactive ketones (excluding diaryl/α,β-unsaturated/α-hetero) is 1. The van der Waals surface area contributed by atoms with Crippen LogP contribution < -0.4 is 0 Å². The minimum Gasteiger partial charge on any atom is -0.318 e. The highest BCUT2D eigenvalue weighted by Gasteiger charge is 2.41. The maximum atomic E-state index is 12.8. The van der Waals surface area contributed by atoms with Crippen LogP contribution in [0.25, 0.3) is 11.1 Å². The van der Waals surface area contributed by atoms with Crippen molar-refractivity contribution in [2.75, 3.05) is 0 Å². The van der Waals surface area contributed by atoms with Gasteiger partial charge in [0, 0.05) is 17.9 Å². The highest BCUT2D eigenvalue weighted by molar-refractivity contribution is 6.45.